The van der Waals surface area contributed by atoms with Gasteiger partial charge in [0.1, 0.15) is 11.2 Å². The molecular formula is C36H30NO2P. The second-order valence-corrected chi connectivity index (χ2v) is 10.9. The number of nitrogens with zero attached hydrogens (tertiary/aromatic N) is 1. The molecule has 0 spiro atoms. The molecule has 0 aliphatic heterocycles. The van der Waals surface area contributed by atoms with Crippen LogP contribution in [0.5, 0.6) is 0 Å². The van der Waals surface area contributed by atoms with Crippen LogP contribution in [0.3, 0.4) is 0 Å². The van der Waals surface area contributed by atoms with E-state index < -0.39 is 0 Å². The average Bonchev–Trinajstić information content (AvgIpc) is 3.22. The fourth-order valence-electron chi connectivity index (χ4n) is 6.13. The van der Waals surface area contributed by atoms with Crippen LogP contribution < -0.4 is 4.90 Å². The van der Waals surface area contributed by atoms with E-state index in [0.717, 1.165) is 27.3 Å². The van der Waals surface area contributed by atoms with Crippen LogP contribution in [0.1, 0.15) is 37.1 Å². The third kappa shape index (κ3) is 4.15. The molecule has 6 aromatic carbocycles. The summed E-state index contributed by atoms with van der Waals surface area (Å²) < 4.78 is 12.4. The molecule has 0 N–H and O–H groups in total. The zero-order valence-electron chi connectivity index (χ0n) is 22.5. The summed E-state index contributed by atoms with van der Waals surface area (Å²) in [5.74, 6) is 0. The summed E-state index contributed by atoms with van der Waals surface area (Å²) in [5.41, 5.74) is 5.48. The lowest BCUT2D eigenvalue weighted by Crippen LogP contribution is -2.30. The highest BCUT2D eigenvalue weighted by Gasteiger charge is 2.25. The SMILES string of the molecule is C[C@@H](c1ccccc1)N(c1cccc2c1ccc1o[pH]oc3ccc4ccccc4c3c12)[C@@H](C)c1ccccc1. The van der Waals surface area contributed by atoms with E-state index in [9.17, 15) is 0 Å². The Morgan fingerprint density at radius 3 is 1.73 bits per heavy atom. The van der Waals surface area contributed by atoms with E-state index in [1.807, 2.05) is 0 Å². The van der Waals surface area contributed by atoms with Crippen molar-refractivity contribution in [1.29, 1.82) is 0 Å². The molecule has 0 saturated heterocycles. The van der Waals surface area contributed by atoms with Crippen LogP contribution >= 0.6 is 8.67 Å². The van der Waals surface area contributed by atoms with Gasteiger partial charge < -0.3 is 13.3 Å². The molecule has 4 heteroatoms. The largest absolute Gasteiger partial charge is 0.421 e. The Morgan fingerprint density at radius 2 is 1.05 bits per heavy atom. The molecule has 1 heterocycles. The van der Waals surface area contributed by atoms with Crippen molar-refractivity contribution in [3.63, 3.8) is 0 Å². The zero-order valence-corrected chi connectivity index (χ0v) is 23.5. The Labute approximate surface area is 235 Å². The maximum Gasteiger partial charge on any atom is 0.201 e. The van der Waals surface area contributed by atoms with Crippen molar-refractivity contribution in [2.75, 3.05) is 4.90 Å². The first-order chi connectivity index (χ1) is 19.7. The van der Waals surface area contributed by atoms with Gasteiger partial charge in [-0.25, -0.2) is 0 Å². The van der Waals surface area contributed by atoms with Gasteiger partial charge in [-0.15, -0.1) is 0 Å². The zero-order chi connectivity index (χ0) is 27.1. The molecular weight excluding hydrogens is 509 g/mol. The minimum absolute atomic E-state index is 0.0925. The Morgan fingerprint density at radius 1 is 0.500 bits per heavy atom. The van der Waals surface area contributed by atoms with Gasteiger partial charge in [-0.1, -0.05) is 103 Å². The number of anilines is 1. The number of hydrogen-bond donors (Lipinski definition) is 0. The highest BCUT2D eigenvalue weighted by molar-refractivity contribution is 7.15. The number of benzene rings is 6. The Bertz CT molecular complexity index is 1960. The molecule has 0 fully saturated rings. The smallest absolute Gasteiger partial charge is 0.201 e. The number of fused-ring (bicyclic) bond motifs is 7. The van der Waals surface area contributed by atoms with Crippen molar-refractivity contribution >= 4 is 57.8 Å². The normalized spacial score (nSPS) is 13.2. The highest BCUT2D eigenvalue weighted by Crippen LogP contribution is 2.43. The van der Waals surface area contributed by atoms with Gasteiger partial charge in [0.2, 0.25) is 8.67 Å². The molecule has 0 aliphatic rings. The molecule has 1 aromatic heterocycles. The van der Waals surface area contributed by atoms with Gasteiger partial charge >= 0.3 is 0 Å². The molecule has 0 radical (unpaired) electrons. The number of hydrogen-bond acceptors (Lipinski definition) is 3. The number of rotatable bonds is 5. The summed E-state index contributed by atoms with van der Waals surface area (Å²) in [6, 6.07) is 45.6. The molecule has 7 aromatic rings. The molecule has 3 nitrogen and oxygen atoms in total. The standard InChI is InChI=1S/C36H30NO2P/c1-24(26-12-5-3-6-13-26)37(25(2)27-14-7-4-8-15-27)32-19-11-18-31-30(32)21-23-34-36(31)35-29-17-10-9-16-28(29)20-22-33(35)38-40-39-34/h3-25,40H,1-2H3/t24-,25-/m0/s1. The topological polar surface area (TPSA) is 29.5 Å². The van der Waals surface area contributed by atoms with Crippen molar-refractivity contribution in [2.24, 2.45) is 0 Å². The van der Waals surface area contributed by atoms with E-state index in [4.69, 9.17) is 8.39 Å². The van der Waals surface area contributed by atoms with Crippen molar-refractivity contribution in [2.45, 2.75) is 25.9 Å². The van der Waals surface area contributed by atoms with E-state index in [1.54, 1.807) is 0 Å². The molecule has 7 rings (SSSR count). The van der Waals surface area contributed by atoms with E-state index in [2.05, 4.69) is 146 Å². The van der Waals surface area contributed by atoms with Crippen LogP contribution in [0.25, 0.3) is 43.5 Å². The van der Waals surface area contributed by atoms with Gasteiger partial charge in [0, 0.05) is 21.8 Å². The van der Waals surface area contributed by atoms with Crippen LogP contribution in [-0.2, 0) is 0 Å². The maximum atomic E-state index is 6.21. The first kappa shape index (κ1) is 24.6. The van der Waals surface area contributed by atoms with E-state index in [-0.39, 0.29) is 20.8 Å². The lowest BCUT2D eigenvalue weighted by molar-refractivity contribution is 0.588. The molecule has 40 heavy (non-hydrogen) atoms. The lowest BCUT2D eigenvalue weighted by atomic mass is 9.95. The predicted octanol–water partition coefficient (Wildman–Crippen LogP) is 11.0. The molecule has 0 bridgehead atoms. The monoisotopic (exact) mass is 539 g/mol. The molecule has 0 saturated carbocycles. The summed E-state index contributed by atoms with van der Waals surface area (Å²) in [4.78, 5) is 2.55. The van der Waals surface area contributed by atoms with Gasteiger partial charge in [-0.3, -0.25) is 0 Å². The minimum Gasteiger partial charge on any atom is -0.421 e. The Balaban J connectivity index is 1.56. The molecule has 1 unspecified atom stereocenters. The van der Waals surface area contributed by atoms with Gasteiger partial charge in [-0.05, 0) is 65.4 Å². The summed E-state index contributed by atoms with van der Waals surface area (Å²) in [5, 5.41) is 6.90. The van der Waals surface area contributed by atoms with Gasteiger partial charge in [0.05, 0.1) is 12.1 Å². The first-order valence-corrected chi connectivity index (χ1v) is 14.6. The van der Waals surface area contributed by atoms with Crippen LogP contribution in [0.2, 0.25) is 0 Å². The summed E-state index contributed by atoms with van der Waals surface area (Å²) >= 11 is 0. The molecule has 3 atom stereocenters. The van der Waals surface area contributed by atoms with Crippen molar-refractivity contribution in [1.82, 2.24) is 0 Å². The Kier molecular flexibility index (Phi) is 6.30. The van der Waals surface area contributed by atoms with Gasteiger partial charge in [0.15, 0.2) is 0 Å². The quantitative estimate of drug-likeness (QED) is 0.218. The van der Waals surface area contributed by atoms with Crippen molar-refractivity contribution in [3.05, 3.63) is 139 Å². The third-order valence-corrected chi connectivity index (χ3v) is 8.73. The molecule has 0 aliphatic carbocycles. The van der Waals surface area contributed by atoms with Crippen molar-refractivity contribution < 1.29 is 8.39 Å². The first-order valence-electron chi connectivity index (χ1n) is 13.8. The van der Waals surface area contributed by atoms with Crippen LogP contribution in [-0.4, -0.2) is 0 Å². The average molecular weight is 540 g/mol. The minimum atomic E-state index is -0.0925. The Hall–Kier alpha value is -4.46. The summed E-state index contributed by atoms with van der Waals surface area (Å²) in [6.07, 6.45) is 0. The van der Waals surface area contributed by atoms with E-state index >= 15 is 0 Å². The molecule has 0 amide bonds. The fourth-order valence-corrected chi connectivity index (χ4v) is 6.69. The fraction of sp³-hybridized carbons (Fsp3) is 0.111. The van der Waals surface area contributed by atoms with Crippen LogP contribution in [0, 0.1) is 0 Å². The van der Waals surface area contributed by atoms with E-state index in [0.29, 0.717) is 0 Å². The summed E-state index contributed by atoms with van der Waals surface area (Å²) in [7, 11) is -0.0925. The highest BCUT2D eigenvalue weighted by atomic mass is 31.1. The second-order valence-electron chi connectivity index (χ2n) is 10.3. The van der Waals surface area contributed by atoms with Gasteiger partial charge in [0.25, 0.3) is 0 Å². The van der Waals surface area contributed by atoms with Gasteiger partial charge in [-0.2, -0.15) is 0 Å². The third-order valence-electron chi connectivity index (χ3n) is 8.12. The van der Waals surface area contributed by atoms with Crippen LogP contribution in [0.15, 0.2) is 136 Å². The molecule has 196 valence electrons. The predicted molar refractivity (Wildman–Crippen MR) is 170 cm³/mol. The summed E-state index contributed by atoms with van der Waals surface area (Å²) in [6.45, 7) is 4.61. The van der Waals surface area contributed by atoms with Crippen LogP contribution in [0.4, 0.5) is 5.69 Å². The lowest BCUT2D eigenvalue weighted by Gasteiger charge is -2.38. The second kappa shape index (κ2) is 10.3. The van der Waals surface area contributed by atoms with Crippen molar-refractivity contribution in [3.8, 4) is 0 Å². The maximum absolute atomic E-state index is 6.21. The van der Waals surface area contributed by atoms with E-state index in [1.165, 1.54) is 33.0 Å².